The molecule has 0 unspecified atom stereocenters. The van der Waals surface area contributed by atoms with Gasteiger partial charge in [0.2, 0.25) is 0 Å². The zero-order valence-electron chi connectivity index (χ0n) is 8.89. The third kappa shape index (κ3) is 3.95. The lowest BCUT2D eigenvalue weighted by Gasteiger charge is -2.20. The first-order valence-electron chi connectivity index (χ1n) is 5.69. The highest BCUT2D eigenvalue weighted by atomic mass is 14.9. The van der Waals surface area contributed by atoms with E-state index < -0.39 is 0 Å². The number of hydrogen-bond acceptors (Lipinski definition) is 1. The van der Waals surface area contributed by atoms with Gasteiger partial charge in [0.05, 0.1) is 0 Å². The van der Waals surface area contributed by atoms with E-state index in [1.54, 1.807) is 0 Å². The molecule has 1 aliphatic rings. The molecule has 0 heterocycles. The largest absolute Gasteiger partial charge is 0.314 e. The molecule has 0 aromatic rings. The lowest BCUT2D eigenvalue weighted by atomic mass is 10.00. The van der Waals surface area contributed by atoms with Crippen LogP contribution in [0.25, 0.3) is 0 Å². The smallest absolute Gasteiger partial charge is 0.00669 e. The summed E-state index contributed by atoms with van der Waals surface area (Å²) >= 11 is 0. The summed E-state index contributed by atoms with van der Waals surface area (Å²) in [5.41, 5.74) is 0. The molecule has 0 aliphatic heterocycles. The van der Waals surface area contributed by atoms with Crippen LogP contribution in [-0.2, 0) is 0 Å². The van der Waals surface area contributed by atoms with E-state index in [1.807, 2.05) is 6.08 Å². The molecule has 0 bridgehead atoms. The van der Waals surface area contributed by atoms with Gasteiger partial charge in [0, 0.05) is 6.04 Å². The average molecular weight is 181 g/mol. The van der Waals surface area contributed by atoms with Crippen molar-refractivity contribution in [2.45, 2.75) is 51.5 Å². The molecular formula is C12H23N. The first-order valence-corrected chi connectivity index (χ1v) is 5.69. The Morgan fingerprint density at radius 1 is 1.46 bits per heavy atom. The van der Waals surface area contributed by atoms with Crippen LogP contribution in [0.1, 0.15) is 45.4 Å². The third-order valence-corrected chi connectivity index (χ3v) is 3.16. The SMILES string of the molecule is C=CCCCN[C@H](C)C1CCCC1. The second kappa shape index (κ2) is 6.20. The fourth-order valence-electron chi connectivity index (χ4n) is 2.20. The van der Waals surface area contributed by atoms with E-state index in [1.165, 1.54) is 32.1 Å². The maximum Gasteiger partial charge on any atom is 0.00669 e. The molecule has 1 aliphatic carbocycles. The van der Waals surface area contributed by atoms with Crippen LogP contribution in [0.5, 0.6) is 0 Å². The van der Waals surface area contributed by atoms with Gasteiger partial charge in [-0.2, -0.15) is 0 Å². The van der Waals surface area contributed by atoms with E-state index in [4.69, 9.17) is 0 Å². The zero-order chi connectivity index (χ0) is 9.52. The molecule has 1 fully saturated rings. The maximum absolute atomic E-state index is 3.73. The molecule has 0 amide bonds. The Hall–Kier alpha value is -0.300. The van der Waals surface area contributed by atoms with Gasteiger partial charge in [0.25, 0.3) is 0 Å². The number of nitrogens with one attached hydrogen (secondary N) is 1. The van der Waals surface area contributed by atoms with Crippen molar-refractivity contribution >= 4 is 0 Å². The predicted octanol–water partition coefficient (Wildman–Crippen LogP) is 3.12. The fourth-order valence-corrected chi connectivity index (χ4v) is 2.20. The topological polar surface area (TPSA) is 12.0 Å². The Morgan fingerprint density at radius 3 is 2.77 bits per heavy atom. The number of rotatable bonds is 6. The van der Waals surface area contributed by atoms with Crippen molar-refractivity contribution in [3.05, 3.63) is 12.7 Å². The Kier molecular flexibility index (Phi) is 5.14. The second-order valence-corrected chi connectivity index (χ2v) is 4.22. The van der Waals surface area contributed by atoms with E-state index in [9.17, 15) is 0 Å². The molecule has 1 N–H and O–H groups in total. The second-order valence-electron chi connectivity index (χ2n) is 4.22. The summed E-state index contributed by atoms with van der Waals surface area (Å²) < 4.78 is 0. The minimum absolute atomic E-state index is 0.729. The quantitative estimate of drug-likeness (QED) is 0.490. The molecular weight excluding hydrogens is 158 g/mol. The molecule has 0 aromatic heterocycles. The van der Waals surface area contributed by atoms with Crippen LogP contribution in [-0.4, -0.2) is 12.6 Å². The van der Waals surface area contributed by atoms with Gasteiger partial charge in [-0.15, -0.1) is 6.58 Å². The zero-order valence-corrected chi connectivity index (χ0v) is 8.89. The van der Waals surface area contributed by atoms with E-state index in [-0.39, 0.29) is 0 Å². The normalized spacial score (nSPS) is 20.4. The molecule has 0 radical (unpaired) electrons. The number of hydrogen-bond donors (Lipinski definition) is 1. The van der Waals surface area contributed by atoms with Crippen LogP contribution in [0.4, 0.5) is 0 Å². The lowest BCUT2D eigenvalue weighted by Crippen LogP contribution is -2.32. The van der Waals surface area contributed by atoms with Crippen molar-refractivity contribution in [2.24, 2.45) is 5.92 Å². The highest BCUT2D eigenvalue weighted by molar-refractivity contribution is 4.77. The van der Waals surface area contributed by atoms with Crippen LogP contribution in [0.15, 0.2) is 12.7 Å². The molecule has 1 saturated carbocycles. The van der Waals surface area contributed by atoms with Gasteiger partial charge in [-0.25, -0.2) is 0 Å². The van der Waals surface area contributed by atoms with Crippen LogP contribution in [0, 0.1) is 5.92 Å². The molecule has 1 atom stereocenters. The maximum atomic E-state index is 3.73. The molecule has 76 valence electrons. The van der Waals surface area contributed by atoms with Gasteiger partial charge in [0.15, 0.2) is 0 Å². The summed E-state index contributed by atoms with van der Waals surface area (Å²) in [6.07, 6.45) is 10.2. The highest BCUT2D eigenvalue weighted by Crippen LogP contribution is 2.27. The van der Waals surface area contributed by atoms with Gasteiger partial charge >= 0.3 is 0 Å². The first-order chi connectivity index (χ1) is 6.34. The molecule has 0 spiro atoms. The van der Waals surface area contributed by atoms with E-state index in [0.29, 0.717) is 0 Å². The van der Waals surface area contributed by atoms with Crippen LogP contribution < -0.4 is 5.32 Å². The van der Waals surface area contributed by atoms with Crippen LogP contribution in [0.2, 0.25) is 0 Å². The number of allylic oxidation sites excluding steroid dienone is 1. The third-order valence-electron chi connectivity index (χ3n) is 3.16. The Bertz CT molecular complexity index is 136. The van der Waals surface area contributed by atoms with E-state index in [0.717, 1.165) is 24.9 Å². The summed E-state index contributed by atoms with van der Waals surface area (Å²) in [5, 5.41) is 3.61. The van der Waals surface area contributed by atoms with Crippen molar-refractivity contribution in [2.75, 3.05) is 6.54 Å². The average Bonchev–Trinajstić information content (AvgIpc) is 2.65. The first kappa shape index (κ1) is 10.8. The van der Waals surface area contributed by atoms with Crippen molar-refractivity contribution in [3.63, 3.8) is 0 Å². The molecule has 1 rings (SSSR count). The monoisotopic (exact) mass is 181 g/mol. The highest BCUT2D eigenvalue weighted by Gasteiger charge is 2.20. The molecule has 13 heavy (non-hydrogen) atoms. The van der Waals surface area contributed by atoms with Gasteiger partial charge in [-0.1, -0.05) is 18.9 Å². The summed E-state index contributed by atoms with van der Waals surface area (Å²) in [6.45, 7) is 7.22. The van der Waals surface area contributed by atoms with Crippen LogP contribution in [0.3, 0.4) is 0 Å². The minimum Gasteiger partial charge on any atom is -0.314 e. The molecule has 0 saturated heterocycles. The summed E-state index contributed by atoms with van der Waals surface area (Å²) in [4.78, 5) is 0. The lowest BCUT2D eigenvalue weighted by molar-refractivity contribution is 0.381. The van der Waals surface area contributed by atoms with Crippen LogP contribution >= 0.6 is 0 Å². The van der Waals surface area contributed by atoms with E-state index >= 15 is 0 Å². The molecule has 0 aromatic carbocycles. The van der Waals surface area contributed by atoms with E-state index in [2.05, 4.69) is 18.8 Å². The van der Waals surface area contributed by atoms with Gasteiger partial charge in [-0.05, 0) is 45.1 Å². The van der Waals surface area contributed by atoms with Gasteiger partial charge in [0.1, 0.15) is 0 Å². The minimum atomic E-state index is 0.729. The van der Waals surface area contributed by atoms with Gasteiger partial charge in [-0.3, -0.25) is 0 Å². The Labute approximate surface area is 82.6 Å². The molecule has 1 heteroatoms. The summed E-state index contributed by atoms with van der Waals surface area (Å²) in [6, 6.07) is 0.729. The van der Waals surface area contributed by atoms with Crippen molar-refractivity contribution in [1.29, 1.82) is 0 Å². The standard InChI is InChI=1S/C12H23N/c1-3-4-7-10-13-11(2)12-8-5-6-9-12/h3,11-13H,1,4-10H2,2H3/t11-/m1/s1. The Morgan fingerprint density at radius 2 is 2.15 bits per heavy atom. The predicted molar refractivity (Wildman–Crippen MR) is 58.9 cm³/mol. The van der Waals surface area contributed by atoms with Gasteiger partial charge < -0.3 is 5.32 Å². The van der Waals surface area contributed by atoms with Crippen molar-refractivity contribution in [3.8, 4) is 0 Å². The summed E-state index contributed by atoms with van der Waals surface area (Å²) in [5.74, 6) is 0.948. The Balaban J connectivity index is 2.02. The van der Waals surface area contributed by atoms with Crippen molar-refractivity contribution in [1.82, 2.24) is 5.32 Å². The molecule has 1 nitrogen and oxygen atoms in total. The number of unbranched alkanes of at least 4 members (excludes halogenated alkanes) is 1. The fraction of sp³-hybridized carbons (Fsp3) is 0.833. The summed E-state index contributed by atoms with van der Waals surface area (Å²) in [7, 11) is 0. The van der Waals surface area contributed by atoms with Crippen molar-refractivity contribution < 1.29 is 0 Å².